The zero-order valence-corrected chi connectivity index (χ0v) is 13.9. The van der Waals surface area contributed by atoms with Crippen LogP contribution in [0.25, 0.3) is 0 Å². The second kappa shape index (κ2) is 5.52. The number of nitriles is 1. The van der Waals surface area contributed by atoms with Crippen LogP contribution in [-0.4, -0.2) is 28.1 Å². The van der Waals surface area contributed by atoms with Gasteiger partial charge in [0.05, 0.1) is 29.4 Å². The smallest absolute Gasteiger partial charge is 0.399 e. The first-order valence-electron chi connectivity index (χ1n) is 7.68. The van der Waals surface area contributed by atoms with E-state index in [0.29, 0.717) is 12.1 Å². The highest BCUT2D eigenvalue weighted by molar-refractivity contribution is 6.61. The molecule has 6 heteroatoms. The summed E-state index contributed by atoms with van der Waals surface area (Å²) in [4.78, 5) is 0. The van der Waals surface area contributed by atoms with Crippen molar-refractivity contribution >= 4 is 12.6 Å². The predicted molar refractivity (Wildman–Crippen MR) is 88.2 cm³/mol. The highest BCUT2D eigenvalue weighted by atomic mass is 16.7. The second-order valence-corrected chi connectivity index (χ2v) is 6.87. The maximum Gasteiger partial charge on any atom is 0.498 e. The van der Waals surface area contributed by atoms with Gasteiger partial charge in [0.25, 0.3) is 0 Å². The molecule has 5 nitrogen and oxygen atoms in total. The van der Waals surface area contributed by atoms with Gasteiger partial charge in [0.15, 0.2) is 0 Å². The second-order valence-electron chi connectivity index (χ2n) is 6.87. The van der Waals surface area contributed by atoms with Gasteiger partial charge in [0.1, 0.15) is 0 Å². The molecule has 1 aromatic heterocycles. The molecule has 0 radical (unpaired) electrons. The summed E-state index contributed by atoms with van der Waals surface area (Å²) in [7, 11) is -0.394. The molecule has 1 aliphatic rings. The molecule has 0 amide bonds. The van der Waals surface area contributed by atoms with Gasteiger partial charge in [0, 0.05) is 17.9 Å². The Morgan fingerprint density at radius 1 is 1.13 bits per heavy atom. The highest BCUT2D eigenvalue weighted by Crippen LogP contribution is 2.36. The minimum absolute atomic E-state index is 0.354. The van der Waals surface area contributed by atoms with Crippen LogP contribution in [0, 0.1) is 11.3 Å². The zero-order chi connectivity index (χ0) is 16.7. The highest BCUT2D eigenvalue weighted by Gasteiger charge is 2.52. The van der Waals surface area contributed by atoms with Gasteiger partial charge in [-0.15, -0.1) is 0 Å². The monoisotopic (exact) mass is 309 g/mol. The van der Waals surface area contributed by atoms with Gasteiger partial charge in [-0.3, -0.25) is 4.68 Å². The quantitative estimate of drug-likeness (QED) is 0.815. The molecule has 0 spiro atoms. The standard InChI is InChI=1S/C17H20BN3O2/c1-16(2)17(3,4)23-18(22-16)15-10-20-21(12-15)11-14-7-5-13(9-19)6-8-14/h5-8,10,12H,11H2,1-4H3. The average Bonchev–Trinajstić information content (AvgIpc) is 3.03. The molecule has 0 saturated carbocycles. The van der Waals surface area contributed by atoms with Gasteiger partial charge in [0.2, 0.25) is 0 Å². The Labute approximate surface area is 137 Å². The largest absolute Gasteiger partial charge is 0.498 e. The summed E-state index contributed by atoms with van der Waals surface area (Å²) in [6.45, 7) is 8.79. The Balaban J connectivity index is 1.72. The zero-order valence-electron chi connectivity index (χ0n) is 13.9. The van der Waals surface area contributed by atoms with Crippen molar-refractivity contribution in [3.8, 4) is 6.07 Å². The van der Waals surface area contributed by atoms with Gasteiger partial charge in [-0.05, 0) is 45.4 Å². The van der Waals surface area contributed by atoms with Crippen LogP contribution in [-0.2, 0) is 15.9 Å². The molecule has 118 valence electrons. The van der Waals surface area contributed by atoms with E-state index < -0.39 is 7.12 Å². The molecule has 2 aromatic rings. The lowest BCUT2D eigenvalue weighted by molar-refractivity contribution is 0.00578. The summed E-state index contributed by atoms with van der Waals surface area (Å²) in [5, 5.41) is 13.2. The molecule has 0 unspecified atom stereocenters. The third kappa shape index (κ3) is 3.03. The summed E-state index contributed by atoms with van der Waals surface area (Å²) >= 11 is 0. The van der Waals surface area contributed by atoms with E-state index >= 15 is 0 Å². The van der Waals surface area contributed by atoms with E-state index in [4.69, 9.17) is 14.6 Å². The van der Waals surface area contributed by atoms with Crippen molar-refractivity contribution < 1.29 is 9.31 Å². The Morgan fingerprint density at radius 2 is 1.74 bits per heavy atom. The van der Waals surface area contributed by atoms with E-state index in [0.717, 1.165) is 11.0 Å². The summed E-state index contributed by atoms with van der Waals surface area (Å²) < 4.78 is 13.9. The number of hydrogen-bond acceptors (Lipinski definition) is 4. The minimum Gasteiger partial charge on any atom is -0.399 e. The van der Waals surface area contributed by atoms with Gasteiger partial charge in [-0.25, -0.2) is 0 Å². The lowest BCUT2D eigenvalue weighted by atomic mass is 9.82. The van der Waals surface area contributed by atoms with Gasteiger partial charge in [-0.1, -0.05) is 12.1 Å². The van der Waals surface area contributed by atoms with Gasteiger partial charge in [-0.2, -0.15) is 10.4 Å². The van der Waals surface area contributed by atoms with Crippen molar-refractivity contribution in [2.45, 2.75) is 45.4 Å². The summed E-state index contributed by atoms with van der Waals surface area (Å²) in [5.74, 6) is 0. The Morgan fingerprint density at radius 3 is 2.30 bits per heavy atom. The molecule has 0 N–H and O–H groups in total. The first-order chi connectivity index (χ1) is 10.8. The van der Waals surface area contributed by atoms with Crippen LogP contribution in [0.15, 0.2) is 36.7 Å². The van der Waals surface area contributed by atoms with Crippen molar-refractivity contribution in [3.63, 3.8) is 0 Å². The van der Waals surface area contributed by atoms with Crippen molar-refractivity contribution in [1.82, 2.24) is 9.78 Å². The molecule has 0 aliphatic carbocycles. The molecule has 0 atom stereocenters. The number of rotatable bonds is 3. The molecule has 2 heterocycles. The van der Waals surface area contributed by atoms with Crippen LogP contribution < -0.4 is 5.46 Å². The van der Waals surface area contributed by atoms with E-state index in [1.54, 1.807) is 6.20 Å². The molecule has 0 bridgehead atoms. The third-order valence-corrected chi connectivity index (χ3v) is 4.61. The first-order valence-corrected chi connectivity index (χ1v) is 7.68. The van der Waals surface area contributed by atoms with Crippen molar-refractivity contribution in [1.29, 1.82) is 5.26 Å². The third-order valence-electron chi connectivity index (χ3n) is 4.61. The lowest BCUT2D eigenvalue weighted by Gasteiger charge is -2.32. The maximum atomic E-state index is 8.83. The number of nitrogens with zero attached hydrogens (tertiary/aromatic N) is 3. The fourth-order valence-corrected chi connectivity index (χ4v) is 2.44. The summed E-state index contributed by atoms with van der Waals surface area (Å²) in [5.41, 5.74) is 1.96. The van der Waals surface area contributed by atoms with Gasteiger partial charge >= 0.3 is 7.12 Å². The van der Waals surface area contributed by atoms with Crippen molar-refractivity contribution in [2.24, 2.45) is 0 Å². The van der Waals surface area contributed by atoms with Crippen LogP contribution in [0.3, 0.4) is 0 Å². The fourth-order valence-electron chi connectivity index (χ4n) is 2.44. The molecular weight excluding hydrogens is 289 g/mol. The van der Waals surface area contributed by atoms with E-state index in [1.165, 1.54) is 0 Å². The number of benzene rings is 1. The van der Waals surface area contributed by atoms with Crippen LogP contribution in [0.4, 0.5) is 0 Å². The molecule has 1 saturated heterocycles. The fraction of sp³-hybridized carbons (Fsp3) is 0.412. The average molecular weight is 309 g/mol. The van der Waals surface area contributed by atoms with Crippen LogP contribution in [0.1, 0.15) is 38.8 Å². The lowest BCUT2D eigenvalue weighted by Crippen LogP contribution is -2.41. The van der Waals surface area contributed by atoms with E-state index in [9.17, 15) is 0 Å². The van der Waals surface area contributed by atoms with E-state index in [-0.39, 0.29) is 11.2 Å². The van der Waals surface area contributed by atoms with Crippen LogP contribution in [0.5, 0.6) is 0 Å². The predicted octanol–water partition coefficient (Wildman–Crippen LogP) is 2.10. The first kappa shape index (κ1) is 15.8. The van der Waals surface area contributed by atoms with Gasteiger partial charge < -0.3 is 9.31 Å². The van der Waals surface area contributed by atoms with Crippen LogP contribution >= 0.6 is 0 Å². The summed E-state index contributed by atoms with van der Waals surface area (Å²) in [6, 6.07) is 9.62. The molecule has 1 aromatic carbocycles. The Bertz CT molecular complexity index is 728. The molecular formula is C17H20BN3O2. The Kier molecular flexibility index (Phi) is 3.79. The minimum atomic E-state index is -0.394. The number of aromatic nitrogens is 2. The molecule has 23 heavy (non-hydrogen) atoms. The topological polar surface area (TPSA) is 60.1 Å². The Hall–Kier alpha value is -2.10. The molecule has 1 fully saturated rings. The molecule has 3 rings (SSSR count). The SMILES string of the molecule is CC1(C)OB(c2cnn(Cc3ccc(C#N)cc3)c2)OC1(C)C. The van der Waals surface area contributed by atoms with Crippen molar-refractivity contribution in [3.05, 3.63) is 47.8 Å². The van der Waals surface area contributed by atoms with E-state index in [1.807, 2.05) is 62.8 Å². The number of hydrogen-bond donors (Lipinski definition) is 0. The molecule has 1 aliphatic heterocycles. The normalized spacial score (nSPS) is 18.8. The maximum absolute atomic E-state index is 8.83. The van der Waals surface area contributed by atoms with Crippen LogP contribution in [0.2, 0.25) is 0 Å². The van der Waals surface area contributed by atoms with E-state index in [2.05, 4.69) is 11.2 Å². The van der Waals surface area contributed by atoms with Crippen molar-refractivity contribution in [2.75, 3.05) is 0 Å². The summed E-state index contributed by atoms with van der Waals surface area (Å²) in [6.07, 6.45) is 3.73.